The Balaban J connectivity index is 3.47. The first-order valence-electron chi connectivity index (χ1n) is 5.05. The minimum atomic E-state index is -0.852. The average molecular weight is 202 g/mol. The molecule has 0 saturated heterocycles. The van der Waals surface area contributed by atoms with Gasteiger partial charge in [-0.3, -0.25) is 0 Å². The lowest BCUT2D eigenvalue weighted by Gasteiger charge is -2.18. The standard InChI is InChI=1S/C10H22N2O2/c1-8(2)5-6-11-9(13)12-7-10(3,4)14/h8,14H,5-7H2,1-4H3,(H2,11,12,13). The molecule has 0 saturated carbocycles. The molecule has 3 N–H and O–H groups in total. The van der Waals surface area contributed by atoms with Gasteiger partial charge in [0.1, 0.15) is 0 Å². The van der Waals surface area contributed by atoms with Crippen LogP contribution in [-0.2, 0) is 0 Å². The highest BCUT2D eigenvalue weighted by Crippen LogP contribution is 1.97. The van der Waals surface area contributed by atoms with E-state index in [1.807, 2.05) is 0 Å². The predicted molar refractivity (Wildman–Crippen MR) is 57.2 cm³/mol. The van der Waals surface area contributed by atoms with Crippen LogP contribution >= 0.6 is 0 Å². The van der Waals surface area contributed by atoms with E-state index in [0.717, 1.165) is 6.42 Å². The first-order valence-corrected chi connectivity index (χ1v) is 5.05. The monoisotopic (exact) mass is 202 g/mol. The molecule has 0 aromatic carbocycles. The number of aliphatic hydroxyl groups is 1. The lowest BCUT2D eigenvalue weighted by Crippen LogP contribution is -2.43. The van der Waals surface area contributed by atoms with Crippen molar-refractivity contribution in [2.75, 3.05) is 13.1 Å². The lowest BCUT2D eigenvalue weighted by atomic mass is 10.1. The third-order valence-electron chi connectivity index (χ3n) is 1.69. The first kappa shape index (κ1) is 13.2. The van der Waals surface area contributed by atoms with Gasteiger partial charge in [0.15, 0.2) is 0 Å². The van der Waals surface area contributed by atoms with Gasteiger partial charge < -0.3 is 15.7 Å². The van der Waals surface area contributed by atoms with Gasteiger partial charge in [0.25, 0.3) is 0 Å². The summed E-state index contributed by atoms with van der Waals surface area (Å²) in [6.07, 6.45) is 0.968. The molecule has 4 nitrogen and oxygen atoms in total. The van der Waals surface area contributed by atoms with Gasteiger partial charge in [-0.2, -0.15) is 0 Å². The number of carbonyl (C=O) groups is 1. The van der Waals surface area contributed by atoms with Gasteiger partial charge in [0.05, 0.1) is 5.60 Å². The van der Waals surface area contributed by atoms with Crippen molar-refractivity contribution >= 4 is 6.03 Å². The highest BCUT2D eigenvalue weighted by atomic mass is 16.3. The van der Waals surface area contributed by atoms with E-state index in [1.165, 1.54) is 0 Å². The third-order valence-corrected chi connectivity index (χ3v) is 1.69. The Morgan fingerprint density at radius 2 is 1.93 bits per heavy atom. The number of carbonyl (C=O) groups excluding carboxylic acids is 1. The van der Waals surface area contributed by atoms with Gasteiger partial charge >= 0.3 is 6.03 Å². The van der Waals surface area contributed by atoms with Crippen molar-refractivity contribution in [3.05, 3.63) is 0 Å². The largest absolute Gasteiger partial charge is 0.389 e. The van der Waals surface area contributed by atoms with E-state index in [0.29, 0.717) is 12.5 Å². The Bertz CT molecular complexity index is 173. The molecule has 0 bridgehead atoms. The molecular formula is C10H22N2O2. The maximum atomic E-state index is 11.1. The molecule has 0 fully saturated rings. The fourth-order valence-corrected chi connectivity index (χ4v) is 0.833. The smallest absolute Gasteiger partial charge is 0.314 e. The van der Waals surface area contributed by atoms with E-state index >= 15 is 0 Å². The normalized spacial score (nSPS) is 11.6. The Labute approximate surface area is 86.1 Å². The van der Waals surface area contributed by atoms with E-state index in [4.69, 9.17) is 0 Å². The molecule has 0 rings (SSSR count). The van der Waals surface area contributed by atoms with E-state index in [9.17, 15) is 9.90 Å². The Kier molecular flexibility index (Phi) is 5.53. The zero-order valence-electron chi connectivity index (χ0n) is 9.55. The molecule has 0 aliphatic heterocycles. The minimum absolute atomic E-state index is 0.215. The molecule has 14 heavy (non-hydrogen) atoms. The molecule has 84 valence electrons. The number of rotatable bonds is 5. The highest BCUT2D eigenvalue weighted by Gasteiger charge is 2.13. The van der Waals surface area contributed by atoms with Gasteiger partial charge in [-0.1, -0.05) is 13.8 Å². The second kappa shape index (κ2) is 5.86. The predicted octanol–water partition coefficient (Wildman–Crippen LogP) is 1.10. The van der Waals surface area contributed by atoms with Crippen molar-refractivity contribution in [3.63, 3.8) is 0 Å². The van der Waals surface area contributed by atoms with Crippen molar-refractivity contribution in [1.82, 2.24) is 10.6 Å². The second-order valence-electron chi connectivity index (χ2n) is 4.60. The van der Waals surface area contributed by atoms with Crippen molar-refractivity contribution in [2.45, 2.75) is 39.7 Å². The molecule has 0 heterocycles. The number of hydrogen-bond donors (Lipinski definition) is 3. The fraction of sp³-hybridized carbons (Fsp3) is 0.900. The van der Waals surface area contributed by atoms with E-state index in [-0.39, 0.29) is 12.6 Å². The highest BCUT2D eigenvalue weighted by molar-refractivity contribution is 5.73. The summed E-state index contributed by atoms with van der Waals surface area (Å²) in [6, 6.07) is -0.215. The minimum Gasteiger partial charge on any atom is -0.389 e. The van der Waals surface area contributed by atoms with Crippen LogP contribution in [0.3, 0.4) is 0 Å². The molecule has 0 aromatic heterocycles. The Morgan fingerprint density at radius 1 is 1.36 bits per heavy atom. The topological polar surface area (TPSA) is 61.4 Å². The van der Waals surface area contributed by atoms with Gasteiger partial charge in [-0.15, -0.1) is 0 Å². The molecule has 0 spiro atoms. The van der Waals surface area contributed by atoms with Crippen LogP contribution in [0.1, 0.15) is 34.1 Å². The van der Waals surface area contributed by atoms with Gasteiger partial charge in [0.2, 0.25) is 0 Å². The molecule has 0 aliphatic rings. The zero-order chi connectivity index (χ0) is 11.2. The average Bonchev–Trinajstić information content (AvgIpc) is 1.99. The number of amides is 2. The van der Waals surface area contributed by atoms with Crippen LogP contribution in [0.4, 0.5) is 4.79 Å². The quantitative estimate of drug-likeness (QED) is 0.625. The maximum absolute atomic E-state index is 11.1. The van der Waals surface area contributed by atoms with Gasteiger partial charge in [0, 0.05) is 13.1 Å². The molecular weight excluding hydrogens is 180 g/mol. The summed E-state index contributed by atoms with van der Waals surface area (Å²) in [5, 5.41) is 14.7. The summed E-state index contributed by atoms with van der Waals surface area (Å²) in [6.45, 7) is 8.46. The van der Waals surface area contributed by atoms with E-state index in [1.54, 1.807) is 13.8 Å². The van der Waals surface area contributed by atoms with Crippen LogP contribution in [0.5, 0.6) is 0 Å². The zero-order valence-corrected chi connectivity index (χ0v) is 9.55. The third kappa shape index (κ3) is 9.32. The molecule has 0 aliphatic carbocycles. The molecule has 0 atom stereocenters. The number of urea groups is 1. The number of hydrogen-bond acceptors (Lipinski definition) is 2. The van der Waals surface area contributed by atoms with Crippen LogP contribution in [0.15, 0.2) is 0 Å². The van der Waals surface area contributed by atoms with Crippen LogP contribution in [0, 0.1) is 5.92 Å². The lowest BCUT2D eigenvalue weighted by molar-refractivity contribution is 0.0819. The second-order valence-corrected chi connectivity index (χ2v) is 4.60. The summed E-state index contributed by atoms with van der Waals surface area (Å²) < 4.78 is 0. The van der Waals surface area contributed by atoms with Crippen molar-refractivity contribution in [2.24, 2.45) is 5.92 Å². The van der Waals surface area contributed by atoms with Crippen molar-refractivity contribution < 1.29 is 9.90 Å². The Morgan fingerprint density at radius 3 is 2.36 bits per heavy atom. The van der Waals surface area contributed by atoms with Crippen LogP contribution in [-0.4, -0.2) is 29.8 Å². The maximum Gasteiger partial charge on any atom is 0.314 e. The van der Waals surface area contributed by atoms with E-state index < -0.39 is 5.60 Å². The summed E-state index contributed by atoms with van der Waals surface area (Å²) in [5.74, 6) is 0.588. The van der Waals surface area contributed by atoms with Gasteiger partial charge in [-0.25, -0.2) is 4.79 Å². The van der Waals surface area contributed by atoms with Crippen molar-refractivity contribution in [3.8, 4) is 0 Å². The van der Waals surface area contributed by atoms with E-state index in [2.05, 4.69) is 24.5 Å². The molecule has 2 amide bonds. The van der Waals surface area contributed by atoms with Crippen LogP contribution < -0.4 is 10.6 Å². The summed E-state index contributed by atoms with van der Waals surface area (Å²) in [7, 11) is 0. The summed E-state index contributed by atoms with van der Waals surface area (Å²) >= 11 is 0. The molecule has 0 aromatic rings. The molecule has 0 radical (unpaired) electrons. The fourth-order valence-electron chi connectivity index (χ4n) is 0.833. The first-order chi connectivity index (χ1) is 6.31. The van der Waals surface area contributed by atoms with Gasteiger partial charge in [-0.05, 0) is 26.2 Å². The Hall–Kier alpha value is -0.770. The number of nitrogens with one attached hydrogen (secondary N) is 2. The van der Waals surface area contributed by atoms with Crippen LogP contribution in [0.2, 0.25) is 0 Å². The SMILES string of the molecule is CC(C)CCNC(=O)NCC(C)(C)O. The molecule has 4 heteroatoms. The van der Waals surface area contributed by atoms with Crippen molar-refractivity contribution in [1.29, 1.82) is 0 Å². The summed E-state index contributed by atoms with van der Waals surface area (Å²) in [4.78, 5) is 11.1. The summed E-state index contributed by atoms with van der Waals surface area (Å²) in [5.41, 5.74) is -0.852. The molecule has 0 unspecified atom stereocenters. The van der Waals surface area contributed by atoms with Crippen LogP contribution in [0.25, 0.3) is 0 Å².